The molecule has 1 rings (SSSR count). The van der Waals surface area contributed by atoms with E-state index in [1.807, 2.05) is 0 Å². The normalized spacial score (nSPS) is 37.8. The summed E-state index contributed by atoms with van der Waals surface area (Å²) in [5.41, 5.74) is 0. The third kappa shape index (κ3) is 2.62. The van der Waals surface area contributed by atoms with Gasteiger partial charge in [-0.05, 0) is 30.1 Å². The molecule has 1 heteroatoms. The minimum atomic E-state index is 0.387. The summed E-state index contributed by atoms with van der Waals surface area (Å²) >= 11 is 6.45. The van der Waals surface area contributed by atoms with Crippen LogP contribution in [0.2, 0.25) is 0 Å². The van der Waals surface area contributed by atoms with Crippen molar-refractivity contribution in [3.63, 3.8) is 0 Å². The molecule has 0 amide bonds. The van der Waals surface area contributed by atoms with Crippen LogP contribution in [0.1, 0.15) is 47.0 Å². The van der Waals surface area contributed by atoms with Crippen LogP contribution in [0.15, 0.2) is 0 Å². The molecule has 4 atom stereocenters. The van der Waals surface area contributed by atoms with Gasteiger partial charge in [-0.25, -0.2) is 0 Å². The minimum absolute atomic E-state index is 0.387. The Balaban J connectivity index is 2.57. The second-order valence-electron chi connectivity index (χ2n) is 5.12. The van der Waals surface area contributed by atoms with E-state index in [-0.39, 0.29) is 0 Å². The highest BCUT2D eigenvalue weighted by Crippen LogP contribution is 2.39. The van der Waals surface area contributed by atoms with Crippen LogP contribution >= 0.6 is 11.6 Å². The molecule has 0 aromatic rings. The average molecular weight is 203 g/mol. The molecule has 1 saturated carbocycles. The Morgan fingerprint density at radius 2 is 1.77 bits per heavy atom. The van der Waals surface area contributed by atoms with Gasteiger partial charge in [-0.3, -0.25) is 0 Å². The zero-order chi connectivity index (χ0) is 10.0. The Kier molecular flexibility index (Phi) is 4.09. The van der Waals surface area contributed by atoms with Gasteiger partial charge in [0, 0.05) is 5.38 Å². The average Bonchev–Trinajstić information content (AvgIpc) is 2.08. The van der Waals surface area contributed by atoms with Gasteiger partial charge in [0.2, 0.25) is 0 Å². The number of hydrogen-bond donors (Lipinski definition) is 0. The lowest BCUT2D eigenvalue weighted by molar-refractivity contribution is 0.163. The van der Waals surface area contributed by atoms with E-state index < -0.39 is 0 Å². The fraction of sp³-hybridized carbons (Fsp3) is 1.00. The van der Waals surface area contributed by atoms with Crippen LogP contribution < -0.4 is 0 Å². The summed E-state index contributed by atoms with van der Waals surface area (Å²) in [7, 11) is 0. The summed E-state index contributed by atoms with van der Waals surface area (Å²) in [6, 6.07) is 0. The van der Waals surface area contributed by atoms with Gasteiger partial charge >= 0.3 is 0 Å². The first-order valence-electron chi connectivity index (χ1n) is 5.68. The van der Waals surface area contributed by atoms with Crippen molar-refractivity contribution in [2.45, 2.75) is 52.3 Å². The van der Waals surface area contributed by atoms with Crippen molar-refractivity contribution in [2.75, 3.05) is 0 Å². The van der Waals surface area contributed by atoms with Gasteiger partial charge in [-0.1, -0.05) is 40.5 Å². The van der Waals surface area contributed by atoms with Crippen molar-refractivity contribution in [2.24, 2.45) is 23.7 Å². The van der Waals surface area contributed by atoms with Gasteiger partial charge in [-0.15, -0.1) is 11.6 Å². The van der Waals surface area contributed by atoms with Crippen molar-refractivity contribution in [3.05, 3.63) is 0 Å². The molecule has 78 valence electrons. The van der Waals surface area contributed by atoms with Crippen LogP contribution in [0.25, 0.3) is 0 Å². The summed E-state index contributed by atoms with van der Waals surface area (Å²) in [5, 5.41) is 0.387. The van der Waals surface area contributed by atoms with Crippen molar-refractivity contribution in [1.29, 1.82) is 0 Å². The summed E-state index contributed by atoms with van der Waals surface area (Å²) < 4.78 is 0. The zero-order valence-electron chi connectivity index (χ0n) is 9.39. The number of alkyl halides is 1. The van der Waals surface area contributed by atoms with E-state index in [1.54, 1.807) is 0 Å². The van der Waals surface area contributed by atoms with Crippen LogP contribution in [0.4, 0.5) is 0 Å². The summed E-state index contributed by atoms with van der Waals surface area (Å²) in [6.07, 6.45) is 4.13. The topological polar surface area (TPSA) is 0 Å². The fourth-order valence-electron chi connectivity index (χ4n) is 2.57. The Morgan fingerprint density at radius 3 is 2.31 bits per heavy atom. The van der Waals surface area contributed by atoms with Crippen LogP contribution in [0.5, 0.6) is 0 Å². The zero-order valence-corrected chi connectivity index (χ0v) is 10.1. The molecule has 0 aromatic carbocycles. The monoisotopic (exact) mass is 202 g/mol. The quantitative estimate of drug-likeness (QED) is 0.585. The van der Waals surface area contributed by atoms with Gasteiger partial charge < -0.3 is 0 Å². The van der Waals surface area contributed by atoms with Gasteiger partial charge in [0.1, 0.15) is 0 Å². The Morgan fingerprint density at radius 1 is 1.15 bits per heavy atom. The highest BCUT2D eigenvalue weighted by molar-refractivity contribution is 6.21. The second-order valence-corrected chi connectivity index (χ2v) is 5.62. The first-order chi connectivity index (χ1) is 6.04. The number of hydrogen-bond acceptors (Lipinski definition) is 0. The van der Waals surface area contributed by atoms with E-state index in [1.165, 1.54) is 19.3 Å². The highest BCUT2D eigenvalue weighted by atomic mass is 35.5. The first kappa shape index (κ1) is 11.4. The molecule has 0 nitrogen and oxygen atoms in total. The fourth-order valence-corrected chi connectivity index (χ4v) is 2.92. The van der Waals surface area contributed by atoms with Gasteiger partial charge in [0.25, 0.3) is 0 Å². The lowest BCUT2D eigenvalue weighted by Gasteiger charge is -2.38. The van der Waals surface area contributed by atoms with Crippen molar-refractivity contribution >= 4 is 11.6 Å². The number of halogens is 1. The molecule has 1 aliphatic rings. The molecular formula is C12H23Cl. The maximum Gasteiger partial charge on any atom is 0.0389 e. The van der Waals surface area contributed by atoms with Gasteiger partial charge in [0.05, 0.1) is 0 Å². The molecule has 1 aliphatic carbocycles. The molecular weight excluding hydrogens is 180 g/mol. The minimum Gasteiger partial charge on any atom is -0.122 e. The molecule has 0 radical (unpaired) electrons. The SMILES string of the molecule is CC(C)C(Cl)C1CCCC(C)C1C. The van der Waals surface area contributed by atoms with Crippen molar-refractivity contribution in [3.8, 4) is 0 Å². The Labute approximate surface area is 88.1 Å². The van der Waals surface area contributed by atoms with E-state index in [2.05, 4.69) is 27.7 Å². The van der Waals surface area contributed by atoms with E-state index in [0.29, 0.717) is 11.3 Å². The van der Waals surface area contributed by atoms with Crippen LogP contribution in [-0.2, 0) is 0 Å². The van der Waals surface area contributed by atoms with Crippen LogP contribution in [0, 0.1) is 23.7 Å². The molecule has 13 heavy (non-hydrogen) atoms. The Bertz CT molecular complexity index is 149. The number of rotatable bonds is 2. The maximum absolute atomic E-state index is 6.45. The van der Waals surface area contributed by atoms with E-state index in [0.717, 1.165) is 17.8 Å². The summed E-state index contributed by atoms with van der Waals surface area (Å²) in [5.74, 6) is 3.07. The lowest BCUT2D eigenvalue weighted by atomic mass is 9.71. The predicted octanol–water partition coefficient (Wildman–Crippen LogP) is 4.32. The second kappa shape index (κ2) is 4.68. The molecule has 0 bridgehead atoms. The highest BCUT2D eigenvalue weighted by Gasteiger charge is 2.33. The van der Waals surface area contributed by atoms with E-state index in [4.69, 9.17) is 11.6 Å². The molecule has 0 aliphatic heterocycles. The van der Waals surface area contributed by atoms with Gasteiger partial charge in [-0.2, -0.15) is 0 Å². The molecule has 0 spiro atoms. The summed E-state index contributed by atoms with van der Waals surface area (Å²) in [6.45, 7) is 9.24. The summed E-state index contributed by atoms with van der Waals surface area (Å²) in [4.78, 5) is 0. The largest absolute Gasteiger partial charge is 0.122 e. The maximum atomic E-state index is 6.45. The predicted molar refractivity (Wildman–Crippen MR) is 60.1 cm³/mol. The smallest absolute Gasteiger partial charge is 0.0389 e. The van der Waals surface area contributed by atoms with Crippen molar-refractivity contribution < 1.29 is 0 Å². The molecule has 1 fully saturated rings. The van der Waals surface area contributed by atoms with Gasteiger partial charge in [0.15, 0.2) is 0 Å². The molecule has 0 N–H and O–H groups in total. The standard InChI is InChI=1S/C12H23Cl/c1-8(2)12(13)11-7-5-6-9(3)10(11)4/h8-12H,5-7H2,1-4H3. The van der Waals surface area contributed by atoms with E-state index >= 15 is 0 Å². The van der Waals surface area contributed by atoms with Crippen LogP contribution in [-0.4, -0.2) is 5.38 Å². The van der Waals surface area contributed by atoms with Crippen LogP contribution in [0.3, 0.4) is 0 Å². The van der Waals surface area contributed by atoms with E-state index in [9.17, 15) is 0 Å². The molecule has 0 saturated heterocycles. The molecule has 0 heterocycles. The molecule has 0 aromatic heterocycles. The lowest BCUT2D eigenvalue weighted by Crippen LogP contribution is -2.33. The van der Waals surface area contributed by atoms with Crippen molar-refractivity contribution in [1.82, 2.24) is 0 Å². The first-order valence-corrected chi connectivity index (χ1v) is 6.11. The Hall–Kier alpha value is 0.290. The molecule has 4 unspecified atom stereocenters. The third-order valence-electron chi connectivity index (χ3n) is 3.82. The third-order valence-corrected chi connectivity index (χ3v) is 4.64.